The number of amides is 1. The molecule has 0 saturated heterocycles. The second-order valence-corrected chi connectivity index (χ2v) is 6.88. The van der Waals surface area contributed by atoms with Crippen LogP contribution in [0.25, 0.3) is 11.3 Å². The Morgan fingerprint density at radius 1 is 1.00 bits per heavy atom. The number of nitrogens with one attached hydrogen (secondary N) is 3. The summed E-state index contributed by atoms with van der Waals surface area (Å²) in [6, 6.07) is 20.8. The fraction of sp³-hybridized carbons (Fsp3) is 0.130. The second-order valence-electron chi connectivity index (χ2n) is 6.88. The van der Waals surface area contributed by atoms with E-state index in [0.29, 0.717) is 35.2 Å². The molecule has 0 fully saturated rings. The molecule has 8 nitrogen and oxygen atoms in total. The molecule has 4 rings (SSSR count). The smallest absolute Gasteiger partial charge is 0.324 e. The maximum Gasteiger partial charge on any atom is 0.324 e. The van der Waals surface area contributed by atoms with Gasteiger partial charge in [-0.1, -0.05) is 37.3 Å². The minimum absolute atomic E-state index is 0.0446. The number of rotatable bonds is 7. The van der Waals surface area contributed by atoms with Crippen LogP contribution >= 0.6 is 0 Å². The molecule has 0 unspecified atom stereocenters. The maximum atomic E-state index is 11.5. The molecule has 0 bridgehead atoms. The van der Waals surface area contributed by atoms with Crippen LogP contribution in [-0.4, -0.2) is 26.1 Å². The Morgan fingerprint density at radius 2 is 1.77 bits per heavy atom. The zero-order valence-electron chi connectivity index (χ0n) is 17.2. The summed E-state index contributed by atoms with van der Waals surface area (Å²) < 4.78 is 5.91. The highest BCUT2D eigenvalue weighted by Gasteiger charge is 2.10. The number of hydrogen-bond acceptors (Lipinski definition) is 6. The van der Waals surface area contributed by atoms with Crippen LogP contribution in [0.15, 0.2) is 66.7 Å². The Morgan fingerprint density at radius 3 is 2.45 bits per heavy atom. The van der Waals surface area contributed by atoms with E-state index < -0.39 is 0 Å². The molecule has 0 saturated carbocycles. The monoisotopic (exact) mass is 414 g/mol. The molecule has 2 heterocycles. The van der Waals surface area contributed by atoms with Crippen molar-refractivity contribution >= 4 is 23.2 Å². The van der Waals surface area contributed by atoms with Crippen LogP contribution < -0.4 is 15.4 Å². The van der Waals surface area contributed by atoms with Crippen LogP contribution in [0.3, 0.4) is 0 Å². The summed E-state index contributed by atoms with van der Waals surface area (Å²) in [7, 11) is 0. The molecular formula is C23H22N6O2. The van der Waals surface area contributed by atoms with Crippen molar-refractivity contribution in [3.8, 4) is 23.0 Å². The van der Waals surface area contributed by atoms with Gasteiger partial charge in [-0.25, -0.2) is 0 Å². The zero-order chi connectivity index (χ0) is 21.6. The van der Waals surface area contributed by atoms with Crippen LogP contribution in [0.4, 0.5) is 17.3 Å². The Labute approximate surface area is 179 Å². The van der Waals surface area contributed by atoms with Gasteiger partial charge >= 0.3 is 6.01 Å². The SMILES string of the molecule is CCC(=O)Nc1ccc(Oc2nc(Nc3cc(C)[nH]n3)cc(-c3ccccc3)n2)cc1. The van der Waals surface area contributed by atoms with Crippen LogP contribution in [0.2, 0.25) is 0 Å². The van der Waals surface area contributed by atoms with Crippen molar-refractivity contribution in [3.05, 3.63) is 72.4 Å². The molecule has 3 N–H and O–H groups in total. The van der Waals surface area contributed by atoms with Gasteiger partial charge in [0, 0.05) is 35.5 Å². The lowest BCUT2D eigenvalue weighted by atomic mass is 10.1. The van der Waals surface area contributed by atoms with Crippen LogP contribution in [0, 0.1) is 6.92 Å². The quantitative estimate of drug-likeness (QED) is 0.390. The van der Waals surface area contributed by atoms with Gasteiger partial charge in [0.1, 0.15) is 11.6 Å². The van der Waals surface area contributed by atoms with Crippen molar-refractivity contribution in [2.24, 2.45) is 0 Å². The van der Waals surface area contributed by atoms with Crippen molar-refractivity contribution in [1.29, 1.82) is 0 Å². The fourth-order valence-electron chi connectivity index (χ4n) is 2.87. The van der Waals surface area contributed by atoms with Gasteiger partial charge in [0.15, 0.2) is 5.82 Å². The number of hydrogen-bond donors (Lipinski definition) is 3. The molecule has 0 aliphatic carbocycles. The zero-order valence-corrected chi connectivity index (χ0v) is 17.2. The van der Waals surface area contributed by atoms with Gasteiger partial charge in [-0.15, -0.1) is 0 Å². The van der Waals surface area contributed by atoms with Crippen molar-refractivity contribution in [2.45, 2.75) is 20.3 Å². The molecule has 8 heteroatoms. The number of carbonyl (C=O) groups is 1. The third-order valence-corrected chi connectivity index (χ3v) is 4.41. The van der Waals surface area contributed by atoms with Crippen LogP contribution in [0.1, 0.15) is 19.0 Å². The number of aromatic nitrogens is 4. The average molecular weight is 414 g/mol. The number of ether oxygens (including phenoxy) is 1. The van der Waals surface area contributed by atoms with Crippen molar-refractivity contribution < 1.29 is 9.53 Å². The summed E-state index contributed by atoms with van der Waals surface area (Å²) in [4.78, 5) is 20.6. The van der Waals surface area contributed by atoms with Gasteiger partial charge in [-0.3, -0.25) is 9.89 Å². The second kappa shape index (κ2) is 9.08. The number of anilines is 3. The normalized spacial score (nSPS) is 10.5. The number of nitrogens with zero attached hydrogens (tertiary/aromatic N) is 3. The molecule has 4 aromatic rings. The number of aryl methyl sites for hydroxylation is 1. The van der Waals surface area contributed by atoms with E-state index in [4.69, 9.17) is 4.74 Å². The highest BCUT2D eigenvalue weighted by Crippen LogP contribution is 2.27. The van der Waals surface area contributed by atoms with E-state index in [2.05, 4.69) is 30.8 Å². The topological polar surface area (TPSA) is 105 Å². The van der Waals surface area contributed by atoms with E-state index in [-0.39, 0.29) is 11.9 Å². The van der Waals surface area contributed by atoms with E-state index >= 15 is 0 Å². The van der Waals surface area contributed by atoms with Gasteiger partial charge in [-0.05, 0) is 31.2 Å². The molecule has 0 radical (unpaired) electrons. The first-order valence-electron chi connectivity index (χ1n) is 9.90. The van der Waals surface area contributed by atoms with E-state index in [9.17, 15) is 4.79 Å². The van der Waals surface area contributed by atoms with Crippen molar-refractivity contribution in [3.63, 3.8) is 0 Å². The highest BCUT2D eigenvalue weighted by molar-refractivity contribution is 5.90. The first kappa shape index (κ1) is 20.1. The lowest BCUT2D eigenvalue weighted by Crippen LogP contribution is -2.09. The minimum Gasteiger partial charge on any atom is -0.424 e. The largest absolute Gasteiger partial charge is 0.424 e. The summed E-state index contributed by atoms with van der Waals surface area (Å²) in [5, 5.41) is 13.1. The number of carbonyl (C=O) groups excluding carboxylic acids is 1. The molecule has 2 aromatic heterocycles. The Bertz CT molecular complexity index is 1170. The predicted molar refractivity (Wildman–Crippen MR) is 120 cm³/mol. The first-order valence-corrected chi connectivity index (χ1v) is 9.90. The lowest BCUT2D eigenvalue weighted by Gasteiger charge is -2.10. The van der Waals surface area contributed by atoms with Gasteiger partial charge < -0.3 is 15.4 Å². The summed E-state index contributed by atoms with van der Waals surface area (Å²) in [5.41, 5.74) is 3.29. The van der Waals surface area contributed by atoms with Crippen LogP contribution in [-0.2, 0) is 4.79 Å². The fourth-order valence-corrected chi connectivity index (χ4v) is 2.87. The standard InChI is InChI=1S/C23H22N6O2/c1-3-22(30)24-17-9-11-18(12-10-17)31-23-25-19(16-7-5-4-6-8-16)14-20(27-23)26-21-13-15(2)28-29-21/h4-14H,3H2,1-2H3,(H,24,30)(H2,25,26,27,28,29). The summed E-state index contributed by atoms with van der Waals surface area (Å²) in [5.74, 6) is 1.72. The molecule has 0 aliphatic rings. The average Bonchev–Trinajstić information content (AvgIpc) is 3.20. The van der Waals surface area contributed by atoms with Crippen molar-refractivity contribution in [2.75, 3.05) is 10.6 Å². The maximum absolute atomic E-state index is 11.5. The Balaban J connectivity index is 1.61. The molecular weight excluding hydrogens is 392 g/mol. The summed E-state index contributed by atoms with van der Waals surface area (Å²) in [6.07, 6.45) is 0.420. The molecule has 0 spiro atoms. The molecule has 0 aliphatic heterocycles. The first-order chi connectivity index (χ1) is 15.1. The third kappa shape index (κ3) is 5.24. The summed E-state index contributed by atoms with van der Waals surface area (Å²) >= 11 is 0. The molecule has 2 aromatic carbocycles. The van der Waals surface area contributed by atoms with E-state index in [1.165, 1.54) is 0 Å². The highest BCUT2D eigenvalue weighted by atomic mass is 16.5. The molecule has 1 amide bonds. The van der Waals surface area contributed by atoms with Crippen LogP contribution in [0.5, 0.6) is 11.8 Å². The lowest BCUT2D eigenvalue weighted by molar-refractivity contribution is -0.115. The molecule has 0 atom stereocenters. The minimum atomic E-state index is -0.0446. The van der Waals surface area contributed by atoms with E-state index in [0.717, 1.165) is 11.3 Å². The Hall–Kier alpha value is -4.20. The summed E-state index contributed by atoms with van der Waals surface area (Å²) in [6.45, 7) is 3.73. The van der Waals surface area contributed by atoms with Gasteiger partial charge in [-0.2, -0.15) is 15.1 Å². The predicted octanol–water partition coefficient (Wildman–Crippen LogP) is 5.06. The van der Waals surface area contributed by atoms with Gasteiger partial charge in [0.05, 0.1) is 5.69 Å². The van der Waals surface area contributed by atoms with E-state index in [1.54, 1.807) is 31.2 Å². The number of H-pyrrole nitrogens is 1. The van der Waals surface area contributed by atoms with Gasteiger partial charge in [0.25, 0.3) is 0 Å². The number of benzene rings is 2. The molecule has 156 valence electrons. The van der Waals surface area contributed by atoms with Crippen molar-refractivity contribution in [1.82, 2.24) is 20.2 Å². The van der Waals surface area contributed by atoms with Gasteiger partial charge in [0.2, 0.25) is 5.91 Å². The third-order valence-electron chi connectivity index (χ3n) is 4.41. The number of aromatic amines is 1. The van der Waals surface area contributed by atoms with E-state index in [1.807, 2.05) is 49.4 Å². The molecule has 31 heavy (non-hydrogen) atoms. The Kier molecular flexibility index (Phi) is 5.89.